The maximum atomic E-state index is 6.26. The minimum atomic E-state index is -0.279. The lowest BCUT2D eigenvalue weighted by molar-refractivity contribution is 0.750. The number of nitrogens with zero attached hydrogens (tertiary/aromatic N) is 1. The first kappa shape index (κ1) is 12.2. The summed E-state index contributed by atoms with van der Waals surface area (Å²) in [5.74, 6) is 0. The number of nitrogens with two attached hydrogens (primary N) is 1. The Hall–Kier alpha value is -1.84. The van der Waals surface area contributed by atoms with Crippen LogP contribution in [0.1, 0.15) is 11.1 Å². The van der Waals surface area contributed by atoms with Gasteiger partial charge in [-0.25, -0.2) is 0 Å². The van der Waals surface area contributed by atoms with Gasteiger partial charge in [0.25, 0.3) is 0 Å². The lowest BCUT2D eigenvalue weighted by Gasteiger charge is -2.11. The standard InChI is InChI=1S/C15H14ClN3/c16-12-8-4-7-11-14(10-5-2-1-3-6-10)19-13(17)9-18-15(11)12/h1-8,13,18H,9,17H2. The van der Waals surface area contributed by atoms with Crippen LogP contribution in [0.15, 0.2) is 53.5 Å². The number of anilines is 1. The van der Waals surface area contributed by atoms with E-state index in [2.05, 4.69) is 10.3 Å². The number of halogens is 1. The third kappa shape index (κ3) is 2.35. The maximum Gasteiger partial charge on any atom is 0.115 e. The monoisotopic (exact) mass is 271 g/mol. The Morgan fingerprint density at radius 3 is 2.68 bits per heavy atom. The number of hydrogen-bond acceptors (Lipinski definition) is 3. The summed E-state index contributed by atoms with van der Waals surface area (Å²) in [6.07, 6.45) is -0.279. The quantitative estimate of drug-likeness (QED) is 0.838. The van der Waals surface area contributed by atoms with Crippen LogP contribution < -0.4 is 11.1 Å². The van der Waals surface area contributed by atoms with Crippen molar-refractivity contribution in [3.05, 3.63) is 64.7 Å². The summed E-state index contributed by atoms with van der Waals surface area (Å²) in [6, 6.07) is 15.8. The van der Waals surface area contributed by atoms with Gasteiger partial charge in [0.15, 0.2) is 0 Å². The van der Waals surface area contributed by atoms with Crippen LogP contribution >= 0.6 is 11.6 Å². The van der Waals surface area contributed by atoms with E-state index in [1.54, 1.807) is 0 Å². The summed E-state index contributed by atoms with van der Waals surface area (Å²) in [7, 11) is 0. The predicted molar refractivity (Wildman–Crippen MR) is 80.0 cm³/mol. The fourth-order valence-corrected chi connectivity index (χ4v) is 2.46. The molecule has 19 heavy (non-hydrogen) atoms. The van der Waals surface area contributed by atoms with Crippen molar-refractivity contribution < 1.29 is 0 Å². The summed E-state index contributed by atoms with van der Waals surface area (Å²) < 4.78 is 0. The molecule has 3 rings (SSSR count). The topological polar surface area (TPSA) is 50.4 Å². The summed E-state index contributed by atoms with van der Waals surface area (Å²) in [4.78, 5) is 4.60. The second-order valence-corrected chi connectivity index (χ2v) is 4.86. The molecule has 1 aliphatic heterocycles. The zero-order chi connectivity index (χ0) is 13.2. The number of nitrogens with one attached hydrogen (secondary N) is 1. The van der Waals surface area contributed by atoms with E-state index in [-0.39, 0.29) is 6.17 Å². The third-order valence-corrected chi connectivity index (χ3v) is 3.41. The summed E-state index contributed by atoms with van der Waals surface area (Å²) in [6.45, 7) is 0.576. The van der Waals surface area contributed by atoms with E-state index in [1.807, 2.05) is 48.5 Å². The van der Waals surface area contributed by atoms with Gasteiger partial charge in [0.05, 0.1) is 23.0 Å². The van der Waals surface area contributed by atoms with Crippen molar-refractivity contribution in [1.29, 1.82) is 0 Å². The molecule has 0 spiro atoms. The molecular formula is C15H14ClN3. The number of hydrogen-bond donors (Lipinski definition) is 2. The van der Waals surface area contributed by atoms with E-state index >= 15 is 0 Å². The number of fused-ring (bicyclic) bond motifs is 1. The van der Waals surface area contributed by atoms with Gasteiger partial charge < -0.3 is 11.1 Å². The van der Waals surface area contributed by atoms with Gasteiger partial charge in [-0.2, -0.15) is 0 Å². The highest BCUT2D eigenvalue weighted by Crippen LogP contribution is 2.29. The minimum absolute atomic E-state index is 0.279. The fraction of sp³-hybridized carbons (Fsp3) is 0.133. The van der Waals surface area contributed by atoms with E-state index in [1.165, 1.54) is 0 Å². The van der Waals surface area contributed by atoms with Crippen LogP contribution in [0.4, 0.5) is 5.69 Å². The predicted octanol–water partition coefficient (Wildman–Crippen LogP) is 2.89. The molecule has 2 aromatic rings. The zero-order valence-electron chi connectivity index (χ0n) is 10.3. The first-order valence-corrected chi connectivity index (χ1v) is 6.55. The number of para-hydroxylation sites is 1. The molecule has 96 valence electrons. The van der Waals surface area contributed by atoms with Gasteiger partial charge in [-0.05, 0) is 6.07 Å². The van der Waals surface area contributed by atoms with Crippen molar-refractivity contribution in [2.75, 3.05) is 11.9 Å². The molecule has 0 fully saturated rings. The number of benzodiazepines with no additional fused rings is 1. The molecule has 4 heteroatoms. The van der Waals surface area contributed by atoms with Gasteiger partial charge >= 0.3 is 0 Å². The average molecular weight is 272 g/mol. The molecule has 3 N–H and O–H groups in total. The third-order valence-electron chi connectivity index (χ3n) is 3.10. The summed E-state index contributed by atoms with van der Waals surface area (Å²) in [5.41, 5.74) is 9.82. The molecule has 0 saturated heterocycles. The minimum Gasteiger partial charge on any atom is -0.380 e. The van der Waals surface area contributed by atoms with Crippen molar-refractivity contribution >= 4 is 23.0 Å². The first-order chi connectivity index (χ1) is 9.25. The van der Waals surface area contributed by atoms with E-state index in [0.29, 0.717) is 11.6 Å². The Bertz CT molecular complexity index is 623. The van der Waals surface area contributed by atoms with Gasteiger partial charge in [0.1, 0.15) is 6.17 Å². The molecule has 0 bridgehead atoms. The average Bonchev–Trinajstić information content (AvgIpc) is 2.61. The van der Waals surface area contributed by atoms with Crippen LogP contribution in [0.3, 0.4) is 0 Å². The molecule has 2 aromatic carbocycles. The molecule has 0 saturated carbocycles. The molecule has 1 heterocycles. The van der Waals surface area contributed by atoms with Crippen molar-refractivity contribution in [2.45, 2.75) is 6.17 Å². The Morgan fingerprint density at radius 2 is 1.89 bits per heavy atom. The molecule has 0 amide bonds. The lowest BCUT2D eigenvalue weighted by Crippen LogP contribution is -2.26. The van der Waals surface area contributed by atoms with Gasteiger partial charge in [-0.15, -0.1) is 0 Å². The van der Waals surface area contributed by atoms with Gasteiger partial charge in [-0.3, -0.25) is 4.99 Å². The molecule has 0 radical (unpaired) electrons. The highest BCUT2D eigenvalue weighted by molar-refractivity contribution is 6.34. The first-order valence-electron chi connectivity index (χ1n) is 6.17. The van der Waals surface area contributed by atoms with Crippen molar-refractivity contribution in [3.63, 3.8) is 0 Å². The van der Waals surface area contributed by atoms with Crippen LogP contribution in [-0.2, 0) is 0 Å². The summed E-state index contributed by atoms with van der Waals surface area (Å²) in [5, 5.41) is 3.96. The fourth-order valence-electron chi connectivity index (χ4n) is 2.21. The Morgan fingerprint density at radius 1 is 1.11 bits per heavy atom. The normalized spacial score (nSPS) is 18.0. The molecule has 0 aliphatic carbocycles. The van der Waals surface area contributed by atoms with Crippen molar-refractivity contribution in [3.8, 4) is 0 Å². The van der Waals surface area contributed by atoms with Crippen LogP contribution in [0, 0.1) is 0 Å². The Balaban J connectivity index is 2.20. The molecule has 1 atom stereocenters. The highest BCUT2D eigenvalue weighted by atomic mass is 35.5. The van der Waals surface area contributed by atoms with Crippen LogP contribution in [-0.4, -0.2) is 18.4 Å². The zero-order valence-corrected chi connectivity index (χ0v) is 11.1. The molecule has 0 aromatic heterocycles. The Labute approximate surface area is 117 Å². The van der Waals surface area contributed by atoms with Crippen LogP contribution in [0.5, 0.6) is 0 Å². The van der Waals surface area contributed by atoms with Crippen molar-refractivity contribution in [2.24, 2.45) is 10.7 Å². The number of rotatable bonds is 1. The number of aliphatic imine (C=N–C) groups is 1. The van der Waals surface area contributed by atoms with Gasteiger partial charge in [0.2, 0.25) is 0 Å². The molecule has 1 aliphatic rings. The highest BCUT2D eigenvalue weighted by Gasteiger charge is 2.18. The molecule has 1 unspecified atom stereocenters. The van der Waals surface area contributed by atoms with Crippen LogP contribution in [0.2, 0.25) is 5.02 Å². The smallest absolute Gasteiger partial charge is 0.115 e. The van der Waals surface area contributed by atoms with E-state index in [0.717, 1.165) is 22.5 Å². The van der Waals surface area contributed by atoms with E-state index in [9.17, 15) is 0 Å². The lowest BCUT2D eigenvalue weighted by atomic mass is 10.0. The molecule has 3 nitrogen and oxygen atoms in total. The SMILES string of the molecule is NC1CNc2c(Cl)cccc2C(c2ccccc2)=N1. The van der Waals surface area contributed by atoms with Gasteiger partial charge in [0, 0.05) is 11.1 Å². The maximum absolute atomic E-state index is 6.26. The van der Waals surface area contributed by atoms with Crippen LogP contribution in [0.25, 0.3) is 0 Å². The Kier molecular flexibility index (Phi) is 3.23. The second kappa shape index (κ2) is 5.03. The summed E-state index contributed by atoms with van der Waals surface area (Å²) >= 11 is 6.26. The van der Waals surface area contributed by atoms with E-state index < -0.39 is 0 Å². The second-order valence-electron chi connectivity index (χ2n) is 4.45. The van der Waals surface area contributed by atoms with Gasteiger partial charge in [-0.1, -0.05) is 54.1 Å². The largest absolute Gasteiger partial charge is 0.380 e. The number of benzene rings is 2. The van der Waals surface area contributed by atoms with E-state index in [4.69, 9.17) is 17.3 Å². The van der Waals surface area contributed by atoms with Crippen molar-refractivity contribution in [1.82, 2.24) is 0 Å². The molecular weight excluding hydrogens is 258 g/mol.